The lowest BCUT2D eigenvalue weighted by atomic mass is 9.80. The molecule has 5 aromatic rings. The Hall–Kier alpha value is -5.50. The Morgan fingerprint density at radius 1 is 0.821 bits per heavy atom. The van der Waals surface area contributed by atoms with Crippen LogP contribution in [0.15, 0.2) is 92.3 Å². The molecule has 1 aliphatic carbocycles. The number of carbonyl (C=O) groups is 4. The molecular formula is C34H26N4O15S3. The molecule has 19 nitrogen and oxygen atoms in total. The molecule has 0 aliphatic heterocycles. The Morgan fingerprint density at radius 2 is 1.54 bits per heavy atom. The van der Waals surface area contributed by atoms with Crippen LogP contribution in [0.3, 0.4) is 0 Å². The number of hydrogen-bond donors (Lipinski definition) is 7. The largest absolute Gasteiger partial charge is 0.480 e. The lowest BCUT2D eigenvalue weighted by Crippen LogP contribution is -2.32. The van der Waals surface area contributed by atoms with Crippen molar-refractivity contribution in [2.24, 2.45) is 7.05 Å². The van der Waals surface area contributed by atoms with Crippen LogP contribution in [0.5, 0.6) is 0 Å². The van der Waals surface area contributed by atoms with Crippen molar-refractivity contribution in [2.75, 3.05) is 23.7 Å². The van der Waals surface area contributed by atoms with Crippen molar-refractivity contribution in [3.63, 3.8) is 0 Å². The molecule has 0 saturated heterocycles. The van der Waals surface area contributed by atoms with Crippen molar-refractivity contribution in [1.82, 2.24) is 9.88 Å². The lowest BCUT2D eigenvalue weighted by Gasteiger charge is -2.26. The minimum absolute atomic E-state index is 0.0174. The summed E-state index contributed by atoms with van der Waals surface area (Å²) in [6.07, 6.45) is 0. The number of aromatic nitrogens is 1. The third-order valence-electron chi connectivity index (χ3n) is 8.33. The summed E-state index contributed by atoms with van der Waals surface area (Å²) in [6, 6.07) is 17.2. The molecule has 0 bridgehead atoms. The summed E-state index contributed by atoms with van der Waals surface area (Å²) in [4.78, 5) is 65.8. The van der Waals surface area contributed by atoms with E-state index < -0.39 is 62.8 Å². The molecule has 0 saturated carbocycles. The Kier molecular flexibility index (Phi) is 12.0. The minimum Gasteiger partial charge on any atom is -0.480 e. The topological polar surface area (TPSA) is 278 Å². The van der Waals surface area contributed by atoms with Gasteiger partial charge in [0, 0.05) is 34.0 Å². The number of nitrogens with zero attached hydrogens (tertiary/aromatic N) is 1. The SMILES string of the molecule is Cn1c(=O)c(C(=O)c2cccc(SOOO)c2)c2c3c(c(Nc4cc(NC(=O)CNCC(=O)O)c(S(=O)(=O)O)cc4SOOO)ccc31)C(=O)c1ccccc1-2. The third kappa shape index (κ3) is 8.06. The molecule has 4 aromatic carbocycles. The van der Waals surface area contributed by atoms with Crippen LogP contribution < -0.4 is 21.5 Å². The quantitative estimate of drug-likeness (QED) is 0.0233. The molecule has 7 N–H and O–H groups in total. The van der Waals surface area contributed by atoms with Gasteiger partial charge >= 0.3 is 5.97 Å². The third-order valence-corrected chi connectivity index (χ3v) is 10.4. The van der Waals surface area contributed by atoms with Crippen molar-refractivity contribution < 1.29 is 66.5 Å². The van der Waals surface area contributed by atoms with Gasteiger partial charge in [-0.3, -0.25) is 33.8 Å². The van der Waals surface area contributed by atoms with Gasteiger partial charge in [0.05, 0.1) is 75.8 Å². The number of carbonyl (C=O) groups excluding carboxylic acids is 3. The first-order valence-electron chi connectivity index (χ1n) is 15.7. The smallest absolute Gasteiger partial charge is 0.317 e. The number of hydrogen-bond acceptors (Lipinski definition) is 17. The zero-order chi connectivity index (χ0) is 40.3. The summed E-state index contributed by atoms with van der Waals surface area (Å²) in [7, 11) is -3.63. The molecule has 0 radical (unpaired) electrons. The molecule has 1 heterocycles. The lowest BCUT2D eigenvalue weighted by molar-refractivity contribution is -0.432. The highest BCUT2D eigenvalue weighted by atomic mass is 32.2. The zero-order valence-electron chi connectivity index (χ0n) is 28.3. The van der Waals surface area contributed by atoms with Gasteiger partial charge in [-0.2, -0.15) is 8.42 Å². The van der Waals surface area contributed by atoms with E-state index in [1.165, 1.54) is 48.0 Å². The molecular weight excluding hydrogens is 801 g/mol. The summed E-state index contributed by atoms with van der Waals surface area (Å²) >= 11 is 0.872. The number of fused-ring (bicyclic) bond motifs is 2. The standard InChI is InChI=1S/C34H26N4O15S3/c1-38-23-10-9-20(36-21-12-22(37-26(39)14-35-15-27(40)41)25(56(47,48)49)13-24(21)55-53-51-46)29-30(23)28(18-7-2-3-8-19(18)33(29)43)31(34(38)44)32(42)16-5-4-6-17(11-16)54-52-50-45/h2-13,35-36,45-46H,14-15H2,1H3,(H,37,39)(H,40,41)(H,47,48,49). The van der Waals surface area contributed by atoms with E-state index in [0.29, 0.717) is 22.5 Å². The van der Waals surface area contributed by atoms with Crippen molar-refractivity contribution in [1.29, 1.82) is 0 Å². The second kappa shape index (κ2) is 16.7. The fraction of sp³-hybridized carbons (Fsp3) is 0.0882. The van der Waals surface area contributed by atoms with Gasteiger partial charge in [-0.15, -0.1) is 8.67 Å². The van der Waals surface area contributed by atoms with Gasteiger partial charge < -0.3 is 20.3 Å². The highest BCUT2D eigenvalue weighted by Crippen LogP contribution is 2.45. The molecule has 0 fully saturated rings. The molecule has 0 atom stereocenters. The maximum Gasteiger partial charge on any atom is 0.317 e. The molecule has 290 valence electrons. The summed E-state index contributed by atoms with van der Waals surface area (Å²) in [5.74, 6) is -3.40. The Bertz CT molecular complexity index is 2610. The number of anilines is 3. The monoisotopic (exact) mass is 826 g/mol. The average Bonchev–Trinajstić information content (AvgIpc) is 3.16. The number of carboxylic acids is 1. The van der Waals surface area contributed by atoms with Crippen LogP contribution in [0.4, 0.5) is 17.1 Å². The van der Waals surface area contributed by atoms with Crippen LogP contribution in [-0.2, 0) is 45.5 Å². The summed E-state index contributed by atoms with van der Waals surface area (Å²) in [5, 5.41) is 41.5. The fourth-order valence-corrected chi connectivity index (χ4v) is 7.71. The van der Waals surface area contributed by atoms with Crippen LogP contribution in [0.2, 0.25) is 0 Å². The van der Waals surface area contributed by atoms with Crippen LogP contribution in [-0.4, -0.2) is 69.7 Å². The number of nitrogens with one attached hydrogen (secondary N) is 3. The van der Waals surface area contributed by atoms with Crippen LogP contribution >= 0.6 is 24.1 Å². The molecule has 22 heteroatoms. The molecule has 0 spiro atoms. The Balaban J connectivity index is 1.57. The van der Waals surface area contributed by atoms with Crippen LogP contribution in [0.1, 0.15) is 31.8 Å². The molecule has 0 unspecified atom stereocenters. The minimum atomic E-state index is -5.06. The summed E-state index contributed by atoms with van der Waals surface area (Å²) < 4.78 is 45.2. The Labute approximate surface area is 323 Å². The summed E-state index contributed by atoms with van der Waals surface area (Å²) in [5.41, 5.74) is -0.588. The van der Waals surface area contributed by atoms with E-state index in [1.807, 2.05) is 0 Å². The average molecular weight is 827 g/mol. The van der Waals surface area contributed by atoms with Crippen molar-refractivity contribution in [3.8, 4) is 11.1 Å². The number of pyridine rings is 1. The first-order valence-corrected chi connectivity index (χ1v) is 18.6. The molecule has 1 amide bonds. The molecule has 6 rings (SSSR count). The second-order valence-corrected chi connectivity index (χ2v) is 14.6. The van der Waals surface area contributed by atoms with Gasteiger partial charge in [-0.25, -0.2) is 10.5 Å². The van der Waals surface area contributed by atoms with Gasteiger partial charge in [0.1, 0.15) is 4.90 Å². The molecule has 1 aliphatic rings. The van der Waals surface area contributed by atoms with E-state index in [2.05, 4.69) is 34.7 Å². The normalized spacial score (nSPS) is 12.0. The van der Waals surface area contributed by atoms with E-state index in [1.54, 1.807) is 24.3 Å². The zero-order valence-corrected chi connectivity index (χ0v) is 30.7. The van der Waals surface area contributed by atoms with E-state index in [4.69, 9.17) is 15.6 Å². The molecule has 1 aromatic heterocycles. The van der Waals surface area contributed by atoms with E-state index in [-0.39, 0.29) is 67.0 Å². The van der Waals surface area contributed by atoms with Crippen molar-refractivity contribution in [2.45, 2.75) is 14.7 Å². The predicted molar refractivity (Wildman–Crippen MR) is 198 cm³/mol. The summed E-state index contributed by atoms with van der Waals surface area (Å²) in [6.45, 7) is -1.17. The number of aliphatic carboxylic acids is 1. The highest BCUT2D eigenvalue weighted by Gasteiger charge is 2.34. The van der Waals surface area contributed by atoms with Gasteiger partial charge in [0.25, 0.3) is 15.7 Å². The van der Waals surface area contributed by atoms with Gasteiger partial charge in [0.15, 0.2) is 11.6 Å². The van der Waals surface area contributed by atoms with E-state index >= 15 is 0 Å². The second-order valence-electron chi connectivity index (χ2n) is 11.7. The number of aryl methyl sites for hydroxylation is 1. The molecule has 56 heavy (non-hydrogen) atoms. The van der Waals surface area contributed by atoms with Gasteiger partial charge in [0.2, 0.25) is 5.91 Å². The number of carboxylic acid groups (broad SMARTS) is 1. The maximum absolute atomic E-state index is 14.4. The Morgan fingerprint density at radius 3 is 2.23 bits per heavy atom. The number of benzene rings is 4. The fourth-order valence-electron chi connectivity index (χ4n) is 6.09. The van der Waals surface area contributed by atoms with E-state index in [9.17, 15) is 36.9 Å². The van der Waals surface area contributed by atoms with Crippen LogP contribution in [0.25, 0.3) is 22.0 Å². The maximum atomic E-state index is 14.4. The first kappa shape index (κ1) is 40.2. The van der Waals surface area contributed by atoms with Crippen LogP contribution in [0, 0.1) is 0 Å². The van der Waals surface area contributed by atoms with E-state index in [0.717, 1.165) is 12.1 Å². The number of ketones is 2. The number of rotatable bonds is 16. The van der Waals surface area contributed by atoms with Crippen molar-refractivity contribution in [3.05, 3.63) is 105 Å². The first-order chi connectivity index (χ1) is 26.7. The predicted octanol–water partition coefficient (Wildman–Crippen LogP) is 4.44. The van der Waals surface area contributed by atoms with Crippen molar-refractivity contribution >= 4 is 85.6 Å². The van der Waals surface area contributed by atoms with Gasteiger partial charge in [-0.05, 0) is 42.0 Å². The number of amides is 1. The highest BCUT2D eigenvalue weighted by molar-refractivity contribution is 7.95. The van der Waals surface area contributed by atoms with Gasteiger partial charge in [-0.1, -0.05) is 46.5 Å².